The summed E-state index contributed by atoms with van der Waals surface area (Å²) in [5.41, 5.74) is 6.68. The van der Waals surface area contributed by atoms with Gasteiger partial charge >= 0.3 is 0 Å². The number of nitrogens with zero attached hydrogens (tertiary/aromatic N) is 2. The molecule has 0 spiro atoms. The van der Waals surface area contributed by atoms with Crippen molar-refractivity contribution in [1.82, 2.24) is 10.2 Å². The fourth-order valence-electron chi connectivity index (χ4n) is 1.36. The summed E-state index contributed by atoms with van der Waals surface area (Å²) in [5.74, 6) is 0. The van der Waals surface area contributed by atoms with Crippen LogP contribution in [0, 0.1) is 0 Å². The molecule has 7 heteroatoms. The van der Waals surface area contributed by atoms with Gasteiger partial charge < -0.3 is 5.73 Å². The number of anilines is 2. The number of sulfonamides is 1. The highest BCUT2D eigenvalue weighted by atomic mass is 32.2. The number of hydrogen-bond donors (Lipinski definition) is 2. The van der Waals surface area contributed by atoms with Gasteiger partial charge in [0.05, 0.1) is 11.9 Å². The lowest BCUT2D eigenvalue weighted by molar-refractivity contribution is 0.594. The van der Waals surface area contributed by atoms with Gasteiger partial charge in [-0.3, -0.25) is 9.40 Å². The number of H-pyrrole nitrogens is 1. The molecule has 0 atom stereocenters. The second-order valence-electron chi connectivity index (χ2n) is 3.50. The Bertz CT molecular complexity index is 590. The van der Waals surface area contributed by atoms with Gasteiger partial charge in [0.25, 0.3) is 10.0 Å². The van der Waals surface area contributed by atoms with E-state index in [1.54, 1.807) is 24.3 Å². The first kappa shape index (κ1) is 11.5. The van der Waals surface area contributed by atoms with E-state index >= 15 is 0 Å². The number of nitrogens with one attached hydrogen (secondary N) is 1. The second-order valence-corrected chi connectivity index (χ2v) is 5.47. The van der Waals surface area contributed by atoms with E-state index in [-0.39, 0.29) is 4.90 Å². The lowest BCUT2D eigenvalue weighted by Gasteiger charge is -2.18. The normalized spacial score (nSPS) is 11.4. The Morgan fingerprint density at radius 3 is 2.47 bits per heavy atom. The Kier molecular flexibility index (Phi) is 2.76. The number of aromatic amines is 1. The standard InChI is InChI=1S/C10H12N4O2S/c1-14(9-4-2-8(11)3-5-9)17(15,16)10-6-12-13-7-10/h2-7H,11H2,1H3,(H,12,13). The zero-order valence-corrected chi connectivity index (χ0v) is 9.98. The molecule has 0 amide bonds. The van der Waals surface area contributed by atoms with Crippen LogP contribution in [0.15, 0.2) is 41.6 Å². The predicted octanol–water partition coefficient (Wildman–Crippen LogP) is 0.817. The Hall–Kier alpha value is -2.02. The highest BCUT2D eigenvalue weighted by Crippen LogP contribution is 2.21. The molecule has 3 N–H and O–H groups in total. The summed E-state index contributed by atoms with van der Waals surface area (Å²) in [4.78, 5) is 0.122. The van der Waals surface area contributed by atoms with Crippen LogP contribution in [0.3, 0.4) is 0 Å². The molecule has 0 saturated carbocycles. The van der Waals surface area contributed by atoms with Gasteiger partial charge in [-0.25, -0.2) is 8.42 Å². The van der Waals surface area contributed by atoms with Crippen molar-refractivity contribution in [2.24, 2.45) is 0 Å². The van der Waals surface area contributed by atoms with E-state index in [1.165, 1.54) is 23.7 Å². The summed E-state index contributed by atoms with van der Waals surface area (Å²) in [6, 6.07) is 6.59. The fourth-order valence-corrected chi connectivity index (χ4v) is 2.46. The molecule has 90 valence electrons. The summed E-state index contributed by atoms with van der Waals surface area (Å²) in [7, 11) is -2.08. The number of nitrogens with two attached hydrogens (primary N) is 1. The molecule has 1 aromatic carbocycles. The highest BCUT2D eigenvalue weighted by molar-refractivity contribution is 7.92. The van der Waals surface area contributed by atoms with Crippen LogP contribution >= 0.6 is 0 Å². The molecule has 0 fully saturated rings. The number of hydrogen-bond acceptors (Lipinski definition) is 4. The van der Waals surface area contributed by atoms with E-state index in [1.807, 2.05) is 0 Å². The van der Waals surface area contributed by atoms with E-state index in [4.69, 9.17) is 5.73 Å². The lowest BCUT2D eigenvalue weighted by atomic mass is 10.3. The van der Waals surface area contributed by atoms with Crippen molar-refractivity contribution in [1.29, 1.82) is 0 Å². The zero-order valence-electron chi connectivity index (χ0n) is 9.16. The van der Waals surface area contributed by atoms with Crippen LogP contribution in [0.25, 0.3) is 0 Å². The summed E-state index contributed by atoms with van der Waals surface area (Å²) >= 11 is 0. The van der Waals surface area contributed by atoms with E-state index in [0.717, 1.165) is 0 Å². The van der Waals surface area contributed by atoms with Crippen molar-refractivity contribution >= 4 is 21.4 Å². The minimum atomic E-state index is -3.56. The van der Waals surface area contributed by atoms with Crippen LogP contribution in [0.2, 0.25) is 0 Å². The molecule has 17 heavy (non-hydrogen) atoms. The van der Waals surface area contributed by atoms with Gasteiger partial charge in [0.1, 0.15) is 4.90 Å². The minimum Gasteiger partial charge on any atom is -0.399 e. The molecule has 0 aliphatic rings. The summed E-state index contributed by atoms with van der Waals surface area (Å²) < 4.78 is 25.4. The molecule has 0 aliphatic carbocycles. The monoisotopic (exact) mass is 252 g/mol. The predicted molar refractivity (Wildman–Crippen MR) is 65.0 cm³/mol. The van der Waals surface area contributed by atoms with Crippen molar-refractivity contribution in [2.75, 3.05) is 17.1 Å². The molecule has 2 aromatic rings. The van der Waals surface area contributed by atoms with Gasteiger partial charge in [-0.05, 0) is 24.3 Å². The first-order valence-electron chi connectivity index (χ1n) is 4.85. The molecule has 0 radical (unpaired) electrons. The molecule has 0 unspecified atom stereocenters. The third-order valence-corrected chi connectivity index (χ3v) is 4.14. The third kappa shape index (κ3) is 2.09. The maximum atomic E-state index is 12.1. The van der Waals surface area contributed by atoms with Crippen molar-refractivity contribution < 1.29 is 8.42 Å². The SMILES string of the molecule is CN(c1ccc(N)cc1)S(=O)(=O)c1cn[nH]c1. The average Bonchev–Trinajstić information content (AvgIpc) is 2.83. The molecule has 1 heterocycles. The maximum Gasteiger partial charge on any atom is 0.267 e. The van der Waals surface area contributed by atoms with E-state index in [2.05, 4.69) is 10.2 Å². The van der Waals surface area contributed by atoms with Gasteiger partial charge in [-0.2, -0.15) is 5.10 Å². The second kappa shape index (κ2) is 4.10. The highest BCUT2D eigenvalue weighted by Gasteiger charge is 2.21. The van der Waals surface area contributed by atoms with Crippen LogP contribution in [0.5, 0.6) is 0 Å². The first-order valence-corrected chi connectivity index (χ1v) is 6.29. The number of nitrogen functional groups attached to an aromatic ring is 1. The van der Waals surface area contributed by atoms with Crippen molar-refractivity contribution in [2.45, 2.75) is 4.90 Å². The molecule has 0 bridgehead atoms. The van der Waals surface area contributed by atoms with Crippen LogP contribution < -0.4 is 10.0 Å². The first-order chi connectivity index (χ1) is 8.01. The van der Waals surface area contributed by atoms with Crippen LogP contribution in [0.1, 0.15) is 0 Å². The molecule has 1 aromatic heterocycles. The van der Waals surface area contributed by atoms with Crippen molar-refractivity contribution in [3.05, 3.63) is 36.7 Å². The van der Waals surface area contributed by atoms with Crippen LogP contribution in [-0.4, -0.2) is 25.7 Å². The number of aromatic nitrogens is 2. The van der Waals surface area contributed by atoms with Crippen molar-refractivity contribution in [3.8, 4) is 0 Å². The van der Waals surface area contributed by atoms with Gasteiger partial charge in [-0.1, -0.05) is 0 Å². The summed E-state index contributed by atoms with van der Waals surface area (Å²) in [6.07, 6.45) is 2.60. The lowest BCUT2D eigenvalue weighted by Crippen LogP contribution is -2.26. The van der Waals surface area contributed by atoms with Gasteiger partial charge in [0, 0.05) is 18.9 Å². The Balaban J connectivity index is 2.38. The summed E-state index contributed by atoms with van der Waals surface area (Å²) in [6.45, 7) is 0. The van der Waals surface area contributed by atoms with Crippen LogP contribution in [-0.2, 0) is 10.0 Å². The van der Waals surface area contributed by atoms with Crippen molar-refractivity contribution in [3.63, 3.8) is 0 Å². The fraction of sp³-hybridized carbons (Fsp3) is 0.100. The Labute approximate surface area is 99.1 Å². The van der Waals surface area contributed by atoms with Gasteiger partial charge in [0.2, 0.25) is 0 Å². The molecule has 6 nitrogen and oxygen atoms in total. The largest absolute Gasteiger partial charge is 0.399 e. The molecular weight excluding hydrogens is 240 g/mol. The topological polar surface area (TPSA) is 92.1 Å². The average molecular weight is 252 g/mol. The molecule has 0 aliphatic heterocycles. The zero-order chi connectivity index (χ0) is 12.5. The summed E-state index contributed by atoms with van der Waals surface area (Å²) in [5, 5.41) is 6.10. The maximum absolute atomic E-state index is 12.1. The third-order valence-electron chi connectivity index (χ3n) is 2.39. The Morgan fingerprint density at radius 2 is 1.94 bits per heavy atom. The molecule has 2 rings (SSSR count). The molecular formula is C10H12N4O2S. The smallest absolute Gasteiger partial charge is 0.267 e. The molecule has 0 saturated heterocycles. The van der Waals surface area contributed by atoms with Gasteiger partial charge in [0.15, 0.2) is 0 Å². The van der Waals surface area contributed by atoms with Gasteiger partial charge in [-0.15, -0.1) is 0 Å². The quantitative estimate of drug-likeness (QED) is 0.791. The Morgan fingerprint density at radius 1 is 1.29 bits per heavy atom. The van der Waals surface area contributed by atoms with E-state index < -0.39 is 10.0 Å². The van der Waals surface area contributed by atoms with Crippen LogP contribution in [0.4, 0.5) is 11.4 Å². The minimum absolute atomic E-state index is 0.122. The number of rotatable bonds is 3. The number of benzene rings is 1. The van der Waals surface area contributed by atoms with E-state index in [9.17, 15) is 8.42 Å². The van der Waals surface area contributed by atoms with E-state index in [0.29, 0.717) is 11.4 Å².